The highest BCUT2D eigenvalue weighted by Crippen LogP contribution is 2.16. The van der Waals surface area contributed by atoms with Crippen LogP contribution in [0.15, 0.2) is 0 Å². The van der Waals surface area contributed by atoms with E-state index in [9.17, 15) is 5.11 Å². The number of methoxy groups -OCH3 is 1. The standard InChI is InChI=1S/C7H16O3/c1-3-7(9,10-2)5-4-6-8/h8-9H,3-6H2,1-2H3. The third kappa shape index (κ3) is 3.15. The van der Waals surface area contributed by atoms with Crippen molar-refractivity contribution in [3.63, 3.8) is 0 Å². The zero-order valence-corrected chi connectivity index (χ0v) is 6.63. The molecule has 3 heteroatoms. The van der Waals surface area contributed by atoms with E-state index in [1.165, 1.54) is 7.11 Å². The van der Waals surface area contributed by atoms with Gasteiger partial charge < -0.3 is 14.9 Å². The van der Waals surface area contributed by atoms with Crippen molar-refractivity contribution in [3.05, 3.63) is 0 Å². The van der Waals surface area contributed by atoms with Gasteiger partial charge in [0.2, 0.25) is 0 Å². The van der Waals surface area contributed by atoms with Crippen LogP contribution < -0.4 is 0 Å². The maximum atomic E-state index is 9.43. The summed E-state index contributed by atoms with van der Waals surface area (Å²) in [6.45, 7) is 1.95. The van der Waals surface area contributed by atoms with Crippen LogP contribution in [0.3, 0.4) is 0 Å². The Hall–Kier alpha value is -0.120. The molecule has 0 spiro atoms. The molecule has 0 aromatic heterocycles. The molecule has 1 unspecified atom stereocenters. The molecule has 0 saturated carbocycles. The van der Waals surface area contributed by atoms with Gasteiger partial charge >= 0.3 is 0 Å². The lowest BCUT2D eigenvalue weighted by Gasteiger charge is -2.24. The molecule has 0 aliphatic rings. The van der Waals surface area contributed by atoms with Gasteiger partial charge in [-0.3, -0.25) is 0 Å². The van der Waals surface area contributed by atoms with Gasteiger partial charge in [-0.2, -0.15) is 0 Å². The molecular formula is C7H16O3. The molecule has 62 valence electrons. The van der Waals surface area contributed by atoms with Gasteiger partial charge in [-0.15, -0.1) is 0 Å². The van der Waals surface area contributed by atoms with Crippen molar-refractivity contribution in [3.8, 4) is 0 Å². The van der Waals surface area contributed by atoms with Crippen molar-refractivity contribution < 1.29 is 14.9 Å². The largest absolute Gasteiger partial charge is 0.396 e. The van der Waals surface area contributed by atoms with Crippen LogP contribution in [0.25, 0.3) is 0 Å². The first kappa shape index (κ1) is 9.88. The Morgan fingerprint density at radius 2 is 2.10 bits per heavy atom. The van der Waals surface area contributed by atoms with Crippen molar-refractivity contribution in [1.82, 2.24) is 0 Å². The Balaban J connectivity index is 3.58. The molecule has 0 aromatic rings. The van der Waals surface area contributed by atoms with Crippen molar-refractivity contribution in [2.75, 3.05) is 13.7 Å². The van der Waals surface area contributed by atoms with E-state index in [1.807, 2.05) is 6.92 Å². The van der Waals surface area contributed by atoms with E-state index in [0.29, 0.717) is 19.3 Å². The number of aliphatic hydroxyl groups is 2. The summed E-state index contributed by atoms with van der Waals surface area (Å²) in [6, 6.07) is 0. The highest BCUT2D eigenvalue weighted by atomic mass is 16.6. The summed E-state index contributed by atoms with van der Waals surface area (Å²) in [7, 11) is 1.47. The van der Waals surface area contributed by atoms with E-state index in [-0.39, 0.29) is 6.61 Å². The minimum atomic E-state index is -1.03. The molecule has 0 aliphatic carbocycles. The van der Waals surface area contributed by atoms with Crippen LogP contribution in [0, 0.1) is 0 Å². The zero-order valence-electron chi connectivity index (χ0n) is 6.63. The molecule has 0 rings (SSSR count). The molecule has 0 amide bonds. The lowest BCUT2D eigenvalue weighted by atomic mass is 10.1. The minimum absolute atomic E-state index is 0.103. The van der Waals surface area contributed by atoms with Crippen LogP contribution in [-0.4, -0.2) is 29.7 Å². The Kier molecular flexibility index (Phi) is 4.60. The van der Waals surface area contributed by atoms with Crippen LogP contribution in [0.2, 0.25) is 0 Å². The van der Waals surface area contributed by atoms with Gasteiger partial charge in [-0.1, -0.05) is 6.92 Å². The van der Waals surface area contributed by atoms with E-state index < -0.39 is 5.79 Å². The number of hydrogen-bond donors (Lipinski definition) is 2. The molecule has 0 aliphatic heterocycles. The third-order valence-electron chi connectivity index (χ3n) is 1.66. The molecule has 0 heterocycles. The zero-order chi connectivity index (χ0) is 8.04. The molecule has 0 radical (unpaired) electrons. The molecule has 10 heavy (non-hydrogen) atoms. The van der Waals surface area contributed by atoms with Crippen molar-refractivity contribution in [1.29, 1.82) is 0 Å². The van der Waals surface area contributed by atoms with Gasteiger partial charge in [0.1, 0.15) is 0 Å². The average Bonchev–Trinajstić information content (AvgIpc) is 2.00. The fraction of sp³-hybridized carbons (Fsp3) is 1.00. The van der Waals surface area contributed by atoms with Gasteiger partial charge in [0.25, 0.3) is 0 Å². The SMILES string of the molecule is CCC(O)(CCCO)OC. The Morgan fingerprint density at radius 1 is 1.50 bits per heavy atom. The van der Waals surface area contributed by atoms with Crippen LogP contribution in [0.5, 0.6) is 0 Å². The Bertz CT molecular complexity index is 78.9. The predicted octanol–water partition coefficient (Wildman–Crippen LogP) is 0.504. The van der Waals surface area contributed by atoms with Gasteiger partial charge in [0.15, 0.2) is 5.79 Å². The summed E-state index contributed by atoms with van der Waals surface area (Å²) >= 11 is 0. The van der Waals surface area contributed by atoms with Crippen molar-refractivity contribution in [2.45, 2.75) is 32.0 Å². The maximum absolute atomic E-state index is 9.43. The fourth-order valence-electron chi connectivity index (χ4n) is 0.778. The molecule has 0 aromatic carbocycles. The molecule has 2 N–H and O–H groups in total. The second-order valence-corrected chi connectivity index (χ2v) is 2.33. The molecule has 3 nitrogen and oxygen atoms in total. The predicted molar refractivity (Wildman–Crippen MR) is 38.6 cm³/mol. The molecule has 1 atom stereocenters. The summed E-state index contributed by atoms with van der Waals surface area (Å²) in [4.78, 5) is 0. The monoisotopic (exact) mass is 148 g/mol. The molecule has 0 fully saturated rings. The third-order valence-corrected chi connectivity index (χ3v) is 1.66. The van der Waals surface area contributed by atoms with Crippen LogP contribution in [0.1, 0.15) is 26.2 Å². The summed E-state index contributed by atoms with van der Waals surface area (Å²) < 4.78 is 4.83. The lowest BCUT2D eigenvalue weighted by molar-refractivity contribution is -0.192. The van der Waals surface area contributed by atoms with Crippen LogP contribution >= 0.6 is 0 Å². The number of aliphatic hydroxyl groups excluding tert-OH is 1. The second kappa shape index (κ2) is 4.66. The molecule has 0 saturated heterocycles. The Labute approximate surface area is 61.6 Å². The van der Waals surface area contributed by atoms with E-state index in [2.05, 4.69) is 0 Å². The first-order chi connectivity index (χ1) is 4.68. The smallest absolute Gasteiger partial charge is 0.164 e. The summed E-state index contributed by atoms with van der Waals surface area (Å²) in [5.74, 6) is -1.03. The number of hydrogen-bond acceptors (Lipinski definition) is 3. The fourth-order valence-corrected chi connectivity index (χ4v) is 0.778. The van der Waals surface area contributed by atoms with E-state index >= 15 is 0 Å². The van der Waals surface area contributed by atoms with E-state index in [4.69, 9.17) is 9.84 Å². The first-order valence-electron chi connectivity index (χ1n) is 3.57. The molecule has 0 bridgehead atoms. The summed E-state index contributed by atoms with van der Waals surface area (Å²) in [5, 5.41) is 17.9. The van der Waals surface area contributed by atoms with Crippen molar-refractivity contribution >= 4 is 0 Å². The van der Waals surface area contributed by atoms with Gasteiger partial charge in [-0.05, 0) is 12.8 Å². The van der Waals surface area contributed by atoms with Gasteiger partial charge in [-0.25, -0.2) is 0 Å². The number of ether oxygens (including phenoxy) is 1. The first-order valence-corrected chi connectivity index (χ1v) is 3.57. The molecular weight excluding hydrogens is 132 g/mol. The van der Waals surface area contributed by atoms with Gasteiger partial charge in [0.05, 0.1) is 0 Å². The van der Waals surface area contributed by atoms with Gasteiger partial charge in [0, 0.05) is 20.1 Å². The Morgan fingerprint density at radius 3 is 2.40 bits per heavy atom. The van der Waals surface area contributed by atoms with E-state index in [0.717, 1.165) is 0 Å². The number of rotatable bonds is 5. The normalized spacial score (nSPS) is 16.8. The van der Waals surface area contributed by atoms with E-state index in [1.54, 1.807) is 0 Å². The highest BCUT2D eigenvalue weighted by Gasteiger charge is 2.22. The van der Waals surface area contributed by atoms with Crippen LogP contribution in [-0.2, 0) is 4.74 Å². The lowest BCUT2D eigenvalue weighted by Crippen LogP contribution is -2.30. The summed E-state index contributed by atoms with van der Waals surface area (Å²) in [5.41, 5.74) is 0. The maximum Gasteiger partial charge on any atom is 0.164 e. The van der Waals surface area contributed by atoms with Crippen molar-refractivity contribution in [2.24, 2.45) is 0 Å². The minimum Gasteiger partial charge on any atom is -0.396 e. The highest BCUT2D eigenvalue weighted by molar-refractivity contribution is 4.63. The topological polar surface area (TPSA) is 49.7 Å². The quantitative estimate of drug-likeness (QED) is 0.558. The second-order valence-electron chi connectivity index (χ2n) is 2.33. The average molecular weight is 148 g/mol. The van der Waals surface area contributed by atoms with Crippen LogP contribution in [0.4, 0.5) is 0 Å². The summed E-state index contributed by atoms with van der Waals surface area (Å²) in [6.07, 6.45) is 1.64.